The molecule has 0 amide bonds. The second-order valence-electron chi connectivity index (χ2n) is 9.40. The maximum Gasteiger partial charge on any atom is 0.329 e. The minimum absolute atomic E-state index is 0.0508. The van der Waals surface area contributed by atoms with E-state index in [2.05, 4.69) is 120 Å². The van der Waals surface area contributed by atoms with Crippen molar-refractivity contribution in [1.82, 2.24) is 0 Å². The van der Waals surface area contributed by atoms with E-state index in [4.69, 9.17) is 4.42 Å². The van der Waals surface area contributed by atoms with E-state index in [1.165, 1.54) is 33.4 Å². The zero-order chi connectivity index (χ0) is 23.1. The zero-order valence-electron chi connectivity index (χ0n) is 19.3. The van der Waals surface area contributed by atoms with E-state index in [1.54, 1.807) is 0 Å². The van der Waals surface area contributed by atoms with E-state index in [9.17, 15) is 0 Å². The second-order valence-corrected chi connectivity index (χ2v) is 9.40. The lowest BCUT2D eigenvalue weighted by molar-refractivity contribution is 0.669. The second kappa shape index (κ2) is 6.80. The van der Waals surface area contributed by atoms with Crippen LogP contribution in [0.15, 0.2) is 114 Å². The fourth-order valence-corrected chi connectivity index (χ4v) is 6.14. The number of furan rings is 1. The maximum absolute atomic E-state index is 6.61. The van der Waals surface area contributed by atoms with Gasteiger partial charge in [0, 0.05) is 17.8 Å². The maximum atomic E-state index is 6.61. The highest BCUT2D eigenvalue weighted by Crippen LogP contribution is 2.52. The number of hydrogen-bond donors (Lipinski definition) is 0. The highest BCUT2D eigenvalue weighted by Gasteiger charge is 2.43. The first-order chi connectivity index (χ1) is 17.3. The van der Waals surface area contributed by atoms with Gasteiger partial charge in [0.1, 0.15) is 5.58 Å². The van der Waals surface area contributed by atoms with Crippen LogP contribution in [0.3, 0.4) is 0 Å². The Morgan fingerprint density at radius 1 is 0.571 bits per heavy atom. The molecule has 0 unspecified atom stereocenters. The van der Waals surface area contributed by atoms with Crippen molar-refractivity contribution >= 4 is 62.5 Å². The summed E-state index contributed by atoms with van der Waals surface area (Å²) in [6.07, 6.45) is 0. The molecule has 2 aliphatic heterocycles. The van der Waals surface area contributed by atoms with Gasteiger partial charge in [-0.05, 0) is 52.4 Å². The number of benzene rings is 5. The standard InChI is InChI=1S/C31H21BN2O/c1-33-26-15-7-8-16-27(26)34(32-24-13-5-2-10-20(24)21-11-3-6-14-25(21)32)30-28(33)19-18-23-22-12-4-9-17-29(22)35-31(23)30/h2-19H,1H3. The molecule has 3 heterocycles. The molecule has 0 atom stereocenters. The van der Waals surface area contributed by atoms with Crippen LogP contribution in [-0.4, -0.2) is 13.9 Å². The van der Waals surface area contributed by atoms with E-state index in [0.29, 0.717) is 0 Å². The third-order valence-electron chi connectivity index (χ3n) is 7.66. The van der Waals surface area contributed by atoms with Crippen molar-refractivity contribution < 1.29 is 4.42 Å². The normalized spacial score (nSPS) is 13.7. The molecule has 0 fully saturated rings. The fourth-order valence-electron chi connectivity index (χ4n) is 6.14. The van der Waals surface area contributed by atoms with Crippen LogP contribution < -0.4 is 20.6 Å². The molecule has 5 aromatic carbocycles. The van der Waals surface area contributed by atoms with Crippen molar-refractivity contribution in [1.29, 1.82) is 0 Å². The SMILES string of the molecule is CN1c2ccccc2N(B2c3ccccc3-c3ccccc32)c2c1ccc1c2oc2ccccc21. The van der Waals surface area contributed by atoms with Gasteiger partial charge in [-0.15, -0.1) is 0 Å². The van der Waals surface area contributed by atoms with Crippen LogP contribution in [0, 0.1) is 0 Å². The number of rotatable bonds is 1. The topological polar surface area (TPSA) is 19.6 Å². The van der Waals surface area contributed by atoms with Crippen LogP contribution in [0.1, 0.15) is 0 Å². The summed E-state index contributed by atoms with van der Waals surface area (Å²) in [4.78, 5) is 4.81. The van der Waals surface area contributed by atoms with Gasteiger partial charge >= 0.3 is 6.85 Å². The Balaban J connectivity index is 1.51. The van der Waals surface area contributed by atoms with E-state index in [-0.39, 0.29) is 6.85 Å². The number of fused-ring (bicyclic) bond motifs is 9. The van der Waals surface area contributed by atoms with Crippen LogP contribution >= 0.6 is 0 Å². The van der Waals surface area contributed by atoms with Gasteiger partial charge < -0.3 is 14.1 Å². The first kappa shape index (κ1) is 18.9. The van der Waals surface area contributed by atoms with Crippen molar-refractivity contribution in [2.24, 2.45) is 0 Å². The van der Waals surface area contributed by atoms with Gasteiger partial charge in [0.05, 0.1) is 22.7 Å². The van der Waals surface area contributed by atoms with E-state index >= 15 is 0 Å². The predicted octanol–water partition coefficient (Wildman–Crippen LogP) is 6.59. The van der Waals surface area contributed by atoms with Crippen molar-refractivity contribution in [3.8, 4) is 11.1 Å². The van der Waals surface area contributed by atoms with Crippen LogP contribution in [0.2, 0.25) is 0 Å². The average Bonchev–Trinajstić information content (AvgIpc) is 3.45. The molecule has 6 aromatic rings. The van der Waals surface area contributed by atoms with Gasteiger partial charge in [0.25, 0.3) is 0 Å². The summed E-state index contributed by atoms with van der Waals surface area (Å²) in [5, 5.41) is 2.30. The third kappa shape index (κ3) is 2.41. The van der Waals surface area contributed by atoms with E-state index < -0.39 is 0 Å². The largest absolute Gasteiger partial charge is 0.454 e. The molecule has 0 aliphatic carbocycles. The molecule has 0 saturated heterocycles. The Morgan fingerprint density at radius 2 is 1.20 bits per heavy atom. The van der Waals surface area contributed by atoms with Gasteiger partial charge in [-0.1, -0.05) is 78.9 Å². The van der Waals surface area contributed by atoms with E-state index in [1.807, 2.05) is 6.07 Å². The quantitative estimate of drug-likeness (QED) is 0.265. The number of nitrogens with zero attached hydrogens (tertiary/aromatic N) is 2. The summed E-state index contributed by atoms with van der Waals surface area (Å²) in [6, 6.07) is 39.1. The fraction of sp³-hybridized carbons (Fsp3) is 0.0323. The Kier molecular flexibility index (Phi) is 3.68. The monoisotopic (exact) mass is 448 g/mol. The molecule has 0 N–H and O–H groups in total. The lowest BCUT2D eigenvalue weighted by atomic mass is 9.51. The summed E-state index contributed by atoms with van der Waals surface area (Å²) in [5.74, 6) is 0. The smallest absolute Gasteiger partial charge is 0.329 e. The molecule has 1 aromatic heterocycles. The van der Waals surface area contributed by atoms with Gasteiger partial charge in [-0.2, -0.15) is 0 Å². The zero-order valence-corrected chi connectivity index (χ0v) is 19.3. The van der Waals surface area contributed by atoms with Gasteiger partial charge in [-0.3, -0.25) is 0 Å². The predicted molar refractivity (Wildman–Crippen MR) is 147 cm³/mol. The van der Waals surface area contributed by atoms with Crippen molar-refractivity contribution in [3.63, 3.8) is 0 Å². The minimum Gasteiger partial charge on any atom is -0.454 e. The van der Waals surface area contributed by atoms with Crippen LogP contribution in [0.5, 0.6) is 0 Å². The minimum atomic E-state index is 0.0508. The van der Waals surface area contributed by atoms with Crippen molar-refractivity contribution in [3.05, 3.63) is 109 Å². The molecule has 0 saturated carbocycles. The van der Waals surface area contributed by atoms with Crippen molar-refractivity contribution in [2.75, 3.05) is 16.8 Å². The average molecular weight is 448 g/mol. The van der Waals surface area contributed by atoms with Gasteiger partial charge in [0.15, 0.2) is 5.58 Å². The lowest BCUT2D eigenvalue weighted by Crippen LogP contribution is -2.53. The molecular formula is C31H21BN2O. The molecule has 35 heavy (non-hydrogen) atoms. The Labute approximate surface area is 203 Å². The summed E-state index contributed by atoms with van der Waals surface area (Å²) >= 11 is 0. The number of anilines is 4. The molecule has 4 heteroatoms. The Hall–Kier alpha value is -4.44. The molecule has 8 rings (SSSR count). The molecule has 3 nitrogen and oxygen atoms in total. The summed E-state index contributed by atoms with van der Waals surface area (Å²) < 4.78 is 6.61. The summed E-state index contributed by atoms with van der Waals surface area (Å²) in [6.45, 7) is 0.0508. The molecule has 0 radical (unpaired) electrons. The number of hydrogen-bond acceptors (Lipinski definition) is 3. The molecular weight excluding hydrogens is 427 g/mol. The first-order valence-electron chi connectivity index (χ1n) is 12.1. The van der Waals surface area contributed by atoms with E-state index in [0.717, 1.165) is 33.3 Å². The molecule has 2 aliphatic rings. The van der Waals surface area contributed by atoms with Crippen LogP contribution in [0.25, 0.3) is 33.1 Å². The van der Waals surface area contributed by atoms with Crippen LogP contribution in [-0.2, 0) is 0 Å². The summed E-state index contributed by atoms with van der Waals surface area (Å²) in [5.41, 5.74) is 11.8. The molecule has 0 spiro atoms. The Morgan fingerprint density at radius 3 is 1.97 bits per heavy atom. The third-order valence-corrected chi connectivity index (χ3v) is 7.66. The number of para-hydroxylation sites is 3. The first-order valence-corrected chi connectivity index (χ1v) is 12.1. The highest BCUT2D eigenvalue weighted by atomic mass is 16.3. The van der Waals surface area contributed by atoms with Crippen LogP contribution in [0.4, 0.5) is 22.7 Å². The summed E-state index contributed by atoms with van der Waals surface area (Å²) in [7, 11) is 2.15. The highest BCUT2D eigenvalue weighted by molar-refractivity contribution is 6.93. The molecule has 0 bridgehead atoms. The van der Waals surface area contributed by atoms with Gasteiger partial charge in [-0.25, -0.2) is 0 Å². The Bertz CT molecular complexity index is 1760. The lowest BCUT2D eigenvalue weighted by Gasteiger charge is -2.41. The molecule has 164 valence electrons. The van der Waals surface area contributed by atoms with Crippen molar-refractivity contribution in [2.45, 2.75) is 0 Å². The van der Waals surface area contributed by atoms with Gasteiger partial charge in [0.2, 0.25) is 0 Å².